The van der Waals surface area contributed by atoms with Gasteiger partial charge in [-0.3, -0.25) is 0 Å². The Morgan fingerprint density at radius 1 is 0.652 bits per heavy atom. The zero-order chi connectivity index (χ0) is 16.1. The number of halogens is 2. The molecule has 3 heteroatoms. The van der Waals surface area contributed by atoms with Gasteiger partial charge in [-0.2, -0.15) is 0 Å². The van der Waals surface area contributed by atoms with E-state index in [1.807, 2.05) is 91.0 Å². The lowest BCUT2D eigenvalue weighted by Crippen LogP contribution is -2.27. The van der Waals surface area contributed by atoms with Crippen LogP contribution in [0.3, 0.4) is 0 Å². The van der Waals surface area contributed by atoms with E-state index in [1.54, 1.807) is 0 Å². The number of nitrogens with zero attached hydrogens (tertiary/aromatic N) is 1. The third-order valence-corrected chi connectivity index (χ3v) is 4.69. The smallest absolute Gasteiger partial charge is 0.147 e. The van der Waals surface area contributed by atoms with Crippen molar-refractivity contribution < 1.29 is 0 Å². The van der Waals surface area contributed by atoms with Crippen LogP contribution >= 0.6 is 23.2 Å². The van der Waals surface area contributed by atoms with E-state index in [0.29, 0.717) is 5.17 Å². The minimum Gasteiger partial charge on any atom is -0.239 e. The van der Waals surface area contributed by atoms with E-state index in [9.17, 15) is 0 Å². The maximum atomic E-state index is 7.03. The Morgan fingerprint density at radius 3 is 1.48 bits per heavy atom. The summed E-state index contributed by atoms with van der Waals surface area (Å²) in [6.07, 6.45) is 0. The lowest BCUT2D eigenvalue weighted by molar-refractivity contribution is 0.990. The number of alkyl halides is 1. The fourth-order valence-corrected chi connectivity index (χ4v) is 3.04. The maximum Gasteiger partial charge on any atom is 0.147 e. The lowest BCUT2D eigenvalue weighted by Gasteiger charge is -2.27. The largest absolute Gasteiger partial charge is 0.239 e. The fraction of sp³-hybridized carbons (Fsp3) is 0.0500. The van der Waals surface area contributed by atoms with Crippen LogP contribution in [0, 0.1) is 0 Å². The highest BCUT2D eigenvalue weighted by Gasteiger charge is 2.36. The molecule has 23 heavy (non-hydrogen) atoms. The molecule has 0 heterocycles. The van der Waals surface area contributed by atoms with Gasteiger partial charge in [-0.05, 0) is 23.3 Å². The van der Waals surface area contributed by atoms with Crippen molar-refractivity contribution in [3.05, 3.63) is 102 Å². The number of hydrogen-bond acceptors (Lipinski definition) is 1. The van der Waals surface area contributed by atoms with Gasteiger partial charge in [0.15, 0.2) is 0 Å². The van der Waals surface area contributed by atoms with Gasteiger partial charge in [-0.25, -0.2) is 4.99 Å². The van der Waals surface area contributed by atoms with Gasteiger partial charge in [0.05, 0.1) is 5.69 Å². The molecular formula is C20H15Cl2N. The number of rotatable bonds is 4. The molecule has 114 valence electrons. The fourth-order valence-electron chi connectivity index (χ4n) is 2.43. The summed E-state index contributed by atoms with van der Waals surface area (Å²) in [4.78, 5) is 3.52. The van der Waals surface area contributed by atoms with Crippen LogP contribution < -0.4 is 0 Å². The first kappa shape index (κ1) is 15.8. The SMILES string of the molecule is ClC(=Nc1ccccc1)C(Cl)(c1ccccc1)c1ccccc1. The monoisotopic (exact) mass is 339 g/mol. The molecule has 0 spiro atoms. The molecule has 0 saturated heterocycles. The highest BCUT2D eigenvalue weighted by Crippen LogP contribution is 2.40. The zero-order valence-corrected chi connectivity index (χ0v) is 13.9. The van der Waals surface area contributed by atoms with Crippen LogP contribution in [0.2, 0.25) is 0 Å². The second kappa shape index (κ2) is 6.99. The van der Waals surface area contributed by atoms with Gasteiger partial charge in [-0.1, -0.05) is 90.5 Å². The van der Waals surface area contributed by atoms with E-state index >= 15 is 0 Å². The third kappa shape index (κ3) is 3.31. The van der Waals surface area contributed by atoms with E-state index in [1.165, 1.54) is 0 Å². The van der Waals surface area contributed by atoms with Crippen LogP contribution in [0.5, 0.6) is 0 Å². The van der Waals surface area contributed by atoms with Crippen LogP contribution in [0.25, 0.3) is 0 Å². The van der Waals surface area contributed by atoms with Crippen molar-refractivity contribution in [2.75, 3.05) is 0 Å². The molecule has 0 aromatic heterocycles. The lowest BCUT2D eigenvalue weighted by atomic mass is 9.91. The number of para-hydroxylation sites is 1. The summed E-state index contributed by atoms with van der Waals surface area (Å²) < 4.78 is 0. The first-order valence-corrected chi connectivity index (χ1v) is 8.06. The Hall–Kier alpha value is -2.09. The molecule has 0 amide bonds. The summed E-state index contributed by atoms with van der Waals surface area (Å²) in [5.74, 6) is 0. The van der Waals surface area contributed by atoms with E-state index in [0.717, 1.165) is 16.8 Å². The summed E-state index contributed by atoms with van der Waals surface area (Å²) in [7, 11) is 0. The molecule has 3 rings (SSSR count). The molecule has 0 aliphatic heterocycles. The van der Waals surface area contributed by atoms with E-state index in [4.69, 9.17) is 23.2 Å². The molecule has 0 saturated carbocycles. The molecule has 3 aromatic rings. The Labute approximate surface area is 146 Å². The summed E-state index contributed by atoms with van der Waals surface area (Å²) in [6.45, 7) is 0. The van der Waals surface area contributed by atoms with Gasteiger partial charge in [-0.15, -0.1) is 11.6 Å². The quantitative estimate of drug-likeness (QED) is 0.400. The highest BCUT2D eigenvalue weighted by atomic mass is 35.5. The average Bonchev–Trinajstić information content (AvgIpc) is 2.63. The van der Waals surface area contributed by atoms with Crippen molar-refractivity contribution in [1.29, 1.82) is 0 Å². The molecule has 0 bridgehead atoms. The van der Waals surface area contributed by atoms with Gasteiger partial charge < -0.3 is 0 Å². The van der Waals surface area contributed by atoms with E-state index in [-0.39, 0.29) is 0 Å². The Kier molecular flexibility index (Phi) is 4.80. The molecule has 1 nitrogen and oxygen atoms in total. The van der Waals surface area contributed by atoms with Crippen LogP contribution in [0.15, 0.2) is 96.0 Å². The van der Waals surface area contributed by atoms with Crippen molar-refractivity contribution >= 4 is 34.1 Å². The molecule has 0 N–H and O–H groups in total. The second-order valence-corrected chi connectivity index (χ2v) is 6.05. The van der Waals surface area contributed by atoms with Gasteiger partial charge in [0.25, 0.3) is 0 Å². The first-order chi connectivity index (χ1) is 11.2. The van der Waals surface area contributed by atoms with Crippen molar-refractivity contribution in [1.82, 2.24) is 0 Å². The minimum absolute atomic E-state index is 0.322. The molecular weight excluding hydrogens is 325 g/mol. The summed E-state index contributed by atoms with van der Waals surface area (Å²) in [5, 5.41) is 0.322. The van der Waals surface area contributed by atoms with Crippen molar-refractivity contribution in [3.8, 4) is 0 Å². The molecule has 0 radical (unpaired) electrons. The predicted molar refractivity (Wildman–Crippen MR) is 98.9 cm³/mol. The Morgan fingerprint density at radius 2 is 1.04 bits per heavy atom. The molecule has 0 atom stereocenters. The van der Waals surface area contributed by atoms with E-state index < -0.39 is 4.87 Å². The third-order valence-electron chi connectivity index (χ3n) is 3.61. The topological polar surface area (TPSA) is 12.4 Å². The average molecular weight is 340 g/mol. The van der Waals surface area contributed by atoms with Gasteiger partial charge in [0, 0.05) is 0 Å². The standard InChI is InChI=1S/C20H15Cl2N/c21-19(23-18-14-8-3-9-15-18)20(22,16-10-4-1-5-11-16)17-12-6-2-7-13-17/h1-15H. The summed E-state index contributed by atoms with van der Waals surface area (Å²) >= 11 is 13.6. The van der Waals surface area contributed by atoms with Gasteiger partial charge in [0.1, 0.15) is 10.0 Å². The van der Waals surface area contributed by atoms with Crippen LogP contribution in [-0.4, -0.2) is 5.17 Å². The molecule has 0 aliphatic carbocycles. The highest BCUT2D eigenvalue weighted by molar-refractivity contribution is 6.73. The number of aliphatic imine (C=N–C) groups is 1. The first-order valence-electron chi connectivity index (χ1n) is 7.31. The predicted octanol–water partition coefficient (Wildman–Crippen LogP) is 6.14. The second-order valence-electron chi connectivity index (χ2n) is 5.13. The number of benzene rings is 3. The van der Waals surface area contributed by atoms with Crippen molar-refractivity contribution in [3.63, 3.8) is 0 Å². The van der Waals surface area contributed by atoms with Crippen molar-refractivity contribution in [2.45, 2.75) is 4.87 Å². The van der Waals surface area contributed by atoms with Crippen LogP contribution in [0.1, 0.15) is 11.1 Å². The summed E-state index contributed by atoms with van der Waals surface area (Å²) in [5.41, 5.74) is 2.55. The number of hydrogen-bond donors (Lipinski definition) is 0. The van der Waals surface area contributed by atoms with Crippen LogP contribution in [-0.2, 0) is 4.87 Å². The normalized spacial score (nSPS) is 12.2. The van der Waals surface area contributed by atoms with Gasteiger partial charge >= 0.3 is 0 Å². The summed E-state index contributed by atoms with van der Waals surface area (Å²) in [6, 6.07) is 29.1. The van der Waals surface area contributed by atoms with Crippen molar-refractivity contribution in [2.24, 2.45) is 4.99 Å². The zero-order valence-electron chi connectivity index (χ0n) is 12.4. The molecule has 3 aromatic carbocycles. The van der Waals surface area contributed by atoms with Crippen LogP contribution in [0.4, 0.5) is 5.69 Å². The Balaban J connectivity index is 2.15. The maximum absolute atomic E-state index is 7.03. The molecule has 0 fully saturated rings. The molecule has 0 unspecified atom stereocenters. The minimum atomic E-state index is -1.01. The van der Waals surface area contributed by atoms with E-state index in [2.05, 4.69) is 4.99 Å². The van der Waals surface area contributed by atoms with Gasteiger partial charge in [0.2, 0.25) is 0 Å². The molecule has 0 aliphatic rings. The Bertz CT molecular complexity index is 744.